The molecule has 86 valence electrons. The highest BCUT2D eigenvalue weighted by atomic mass is 15.0. The second-order valence-corrected chi connectivity index (χ2v) is 4.75. The Bertz CT molecular complexity index is 428. The number of nitriles is 1. The van der Waals surface area contributed by atoms with Gasteiger partial charge in [0.2, 0.25) is 0 Å². The minimum atomic E-state index is -0.00810. The highest BCUT2D eigenvalue weighted by Gasteiger charge is 2.17. The molecule has 1 N–H and O–H groups in total. The van der Waals surface area contributed by atoms with E-state index in [2.05, 4.69) is 37.1 Å². The number of hydrogen-bond acceptors (Lipinski definition) is 3. The molecule has 0 aliphatic heterocycles. The Hall–Kier alpha value is -1.56. The molecule has 0 fully saturated rings. The molecule has 3 nitrogen and oxygen atoms in total. The first kappa shape index (κ1) is 12.5. The zero-order chi connectivity index (χ0) is 12.3. The number of aromatic nitrogens is 1. The lowest BCUT2D eigenvalue weighted by atomic mass is 10.0. The molecular weight excluding hydrogens is 198 g/mol. The molecule has 0 saturated heterocycles. The van der Waals surface area contributed by atoms with Crippen LogP contribution in [-0.4, -0.2) is 10.5 Å². The summed E-state index contributed by atoms with van der Waals surface area (Å²) in [6.45, 7) is 10.2. The van der Waals surface area contributed by atoms with E-state index in [1.165, 1.54) is 0 Å². The summed E-state index contributed by atoms with van der Waals surface area (Å²) in [7, 11) is 0. The van der Waals surface area contributed by atoms with Crippen LogP contribution in [0.3, 0.4) is 0 Å². The number of anilines is 1. The van der Waals surface area contributed by atoms with Crippen LogP contribution in [0.15, 0.2) is 6.07 Å². The van der Waals surface area contributed by atoms with Crippen molar-refractivity contribution in [2.45, 2.75) is 46.6 Å². The van der Waals surface area contributed by atoms with Gasteiger partial charge in [-0.2, -0.15) is 5.26 Å². The minimum absolute atomic E-state index is 0.00810. The fourth-order valence-corrected chi connectivity index (χ4v) is 1.52. The van der Waals surface area contributed by atoms with Gasteiger partial charge < -0.3 is 5.32 Å². The Morgan fingerprint density at radius 1 is 1.44 bits per heavy atom. The van der Waals surface area contributed by atoms with Crippen molar-refractivity contribution < 1.29 is 0 Å². The molecule has 1 aromatic heterocycles. The molecule has 0 unspecified atom stereocenters. The van der Waals surface area contributed by atoms with E-state index in [0.29, 0.717) is 5.56 Å². The van der Waals surface area contributed by atoms with E-state index in [4.69, 9.17) is 5.26 Å². The maximum absolute atomic E-state index is 9.13. The first-order valence-corrected chi connectivity index (χ1v) is 5.56. The normalized spacial score (nSPS) is 11.0. The van der Waals surface area contributed by atoms with E-state index >= 15 is 0 Å². The van der Waals surface area contributed by atoms with Crippen LogP contribution in [0, 0.1) is 25.2 Å². The SMILES string of the molecule is CCC(C)(C)Nc1cc(C)nc(C)c1C#N. The van der Waals surface area contributed by atoms with E-state index in [0.717, 1.165) is 23.5 Å². The molecule has 0 saturated carbocycles. The van der Waals surface area contributed by atoms with Gasteiger partial charge in [-0.1, -0.05) is 6.92 Å². The van der Waals surface area contributed by atoms with Crippen LogP contribution < -0.4 is 5.32 Å². The lowest BCUT2D eigenvalue weighted by Gasteiger charge is -2.27. The summed E-state index contributed by atoms with van der Waals surface area (Å²) in [6, 6.07) is 4.15. The van der Waals surface area contributed by atoms with Crippen molar-refractivity contribution in [3.05, 3.63) is 23.0 Å². The van der Waals surface area contributed by atoms with Crippen LogP contribution in [0.25, 0.3) is 0 Å². The number of rotatable bonds is 3. The molecule has 0 aromatic carbocycles. The lowest BCUT2D eigenvalue weighted by molar-refractivity contribution is 0.547. The van der Waals surface area contributed by atoms with Crippen molar-refractivity contribution in [1.82, 2.24) is 4.98 Å². The smallest absolute Gasteiger partial charge is 0.103 e. The Labute approximate surface area is 97.5 Å². The summed E-state index contributed by atoms with van der Waals surface area (Å²) in [4.78, 5) is 4.30. The summed E-state index contributed by atoms with van der Waals surface area (Å²) in [5, 5.41) is 12.5. The van der Waals surface area contributed by atoms with E-state index in [1.54, 1.807) is 0 Å². The highest BCUT2D eigenvalue weighted by Crippen LogP contribution is 2.23. The summed E-state index contributed by atoms with van der Waals surface area (Å²) >= 11 is 0. The van der Waals surface area contributed by atoms with E-state index < -0.39 is 0 Å². The molecule has 1 aromatic rings. The topological polar surface area (TPSA) is 48.7 Å². The maximum Gasteiger partial charge on any atom is 0.103 e. The number of hydrogen-bond donors (Lipinski definition) is 1. The van der Waals surface area contributed by atoms with Crippen LogP contribution in [0.5, 0.6) is 0 Å². The largest absolute Gasteiger partial charge is 0.379 e. The molecule has 0 radical (unpaired) electrons. The summed E-state index contributed by atoms with van der Waals surface area (Å²) in [5.41, 5.74) is 3.25. The molecule has 0 atom stereocenters. The molecule has 1 heterocycles. The van der Waals surface area contributed by atoms with Gasteiger partial charge in [-0.05, 0) is 40.2 Å². The van der Waals surface area contributed by atoms with Crippen molar-refractivity contribution >= 4 is 5.69 Å². The monoisotopic (exact) mass is 217 g/mol. The summed E-state index contributed by atoms with van der Waals surface area (Å²) in [6.07, 6.45) is 0.998. The number of aryl methyl sites for hydroxylation is 2. The third kappa shape index (κ3) is 2.73. The van der Waals surface area contributed by atoms with Gasteiger partial charge in [0.25, 0.3) is 0 Å². The summed E-state index contributed by atoms with van der Waals surface area (Å²) in [5.74, 6) is 0. The number of nitrogens with one attached hydrogen (secondary N) is 1. The van der Waals surface area contributed by atoms with Crippen molar-refractivity contribution in [2.24, 2.45) is 0 Å². The van der Waals surface area contributed by atoms with Crippen molar-refractivity contribution in [3.63, 3.8) is 0 Å². The van der Waals surface area contributed by atoms with E-state index in [1.807, 2.05) is 19.9 Å². The molecule has 0 aliphatic rings. The quantitative estimate of drug-likeness (QED) is 0.846. The van der Waals surface area contributed by atoms with E-state index in [-0.39, 0.29) is 5.54 Å². The fraction of sp³-hybridized carbons (Fsp3) is 0.538. The zero-order valence-electron chi connectivity index (χ0n) is 10.7. The van der Waals surface area contributed by atoms with Gasteiger partial charge in [0.15, 0.2) is 0 Å². The van der Waals surface area contributed by atoms with Gasteiger partial charge in [0, 0.05) is 11.2 Å². The summed E-state index contributed by atoms with van der Waals surface area (Å²) < 4.78 is 0. The predicted octanol–water partition coefficient (Wildman–Crippen LogP) is 3.17. The van der Waals surface area contributed by atoms with Crippen molar-refractivity contribution in [3.8, 4) is 6.07 Å². The molecule has 0 aliphatic carbocycles. The first-order chi connectivity index (χ1) is 7.39. The van der Waals surface area contributed by atoms with Gasteiger partial charge in [0.05, 0.1) is 16.9 Å². The van der Waals surface area contributed by atoms with Crippen LogP contribution in [0.2, 0.25) is 0 Å². The van der Waals surface area contributed by atoms with Gasteiger partial charge in [-0.25, -0.2) is 0 Å². The molecule has 3 heteroatoms. The molecule has 0 amide bonds. The van der Waals surface area contributed by atoms with Crippen LogP contribution >= 0.6 is 0 Å². The average Bonchev–Trinajstić information content (AvgIpc) is 2.16. The molecule has 1 rings (SSSR count). The van der Waals surface area contributed by atoms with Gasteiger partial charge in [-0.3, -0.25) is 4.98 Å². The average molecular weight is 217 g/mol. The molecular formula is C13H19N3. The third-order valence-corrected chi connectivity index (χ3v) is 2.80. The lowest BCUT2D eigenvalue weighted by Crippen LogP contribution is -2.30. The predicted molar refractivity (Wildman–Crippen MR) is 66.4 cm³/mol. The second-order valence-electron chi connectivity index (χ2n) is 4.75. The van der Waals surface area contributed by atoms with Crippen molar-refractivity contribution in [2.75, 3.05) is 5.32 Å². The van der Waals surface area contributed by atoms with Gasteiger partial charge in [-0.15, -0.1) is 0 Å². The third-order valence-electron chi connectivity index (χ3n) is 2.80. The van der Waals surface area contributed by atoms with Crippen LogP contribution in [0.1, 0.15) is 44.1 Å². The zero-order valence-corrected chi connectivity index (χ0v) is 10.7. The Morgan fingerprint density at radius 2 is 2.06 bits per heavy atom. The molecule has 0 spiro atoms. The van der Waals surface area contributed by atoms with Gasteiger partial charge >= 0.3 is 0 Å². The van der Waals surface area contributed by atoms with Gasteiger partial charge in [0.1, 0.15) is 6.07 Å². The maximum atomic E-state index is 9.13. The van der Waals surface area contributed by atoms with Crippen molar-refractivity contribution in [1.29, 1.82) is 5.26 Å². The highest BCUT2D eigenvalue weighted by molar-refractivity contribution is 5.60. The Kier molecular flexibility index (Phi) is 3.54. The molecule has 16 heavy (non-hydrogen) atoms. The second kappa shape index (κ2) is 4.52. The number of pyridine rings is 1. The number of nitrogens with zero attached hydrogens (tertiary/aromatic N) is 2. The van der Waals surface area contributed by atoms with Crippen LogP contribution in [0.4, 0.5) is 5.69 Å². The first-order valence-electron chi connectivity index (χ1n) is 5.56. The fourth-order valence-electron chi connectivity index (χ4n) is 1.52. The Morgan fingerprint density at radius 3 is 2.56 bits per heavy atom. The van der Waals surface area contributed by atoms with Crippen LogP contribution in [-0.2, 0) is 0 Å². The molecule has 0 bridgehead atoms. The van der Waals surface area contributed by atoms with E-state index in [9.17, 15) is 0 Å². The Balaban J connectivity index is 3.18. The minimum Gasteiger partial charge on any atom is -0.379 e. The standard InChI is InChI=1S/C13H19N3/c1-6-13(4,5)16-12-7-9(2)15-10(3)11(12)8-14/h7H,6H2,1-5H3,(H,15,16).